The lowest BCUT2D eigenvalue weighted by Crippen LogP contribution is -2.26. The van der Waals surface area contributed by atoms with Crippen LogP contribution in [0.2, 0.25) is 0 Å². The summed E-state index contributed by atoms with van der Waals surface area (Å²) in [4.78, 5) is 4.47. The van der Waals surface area contributed by atoms with Crippen molar-refractivity contribution in [1.82, 2.24) is 10.1 Å². The number of hydrogen-bond acceptors (Lipinski definition) is 3. The summed E-state index contributed by atoms with van der Waals surface area (Å²) in [6, 6.07) is 13.5. The Labute approximate surface area is 128 Å². The largest absolute Gasteiger partial charge is 0.334 e. The van der Waals surface area contributed by atoms with Crippen LogP contribution in [0.25, 0.3) is 0 Å². The van der Waals surface area contributed by atoms with Gasteiger partial charge in [0.1, 0.15) is 4.99 Å². The van der Waals surface area contributed by atoms with Crippen LogP contribution >= 0.6 is 30.0 Å². The van der Waals surface area contributed by atoms with E-state index in [1.807, 2.05) is 42.5 Å². The zero-order chi connectivity index (χ0) is 13.7. The maximum Gasteiger partial charge on any atom is 0.172 e. The van der Waals surface area contributed by atoms with Crippen molar-refractivity contribution in [2.75, 3.05) is 5.09 Å². The van der Waals surface area contributed by atoms with Crippen LogP contribution in [0.15, 0.2) is 54.9 Å². The van der Waals surface area contributed by atoms with Gasteiger partial charge in [0.05, 0.1) is 0 Å². The Morgan fingerprint density at radius 1 is 1.00 bits per heavy atom. The number of thiocarbonyl (C=S) groups is 1. The van der Waals surface area contributed by atoms with Crippen molar-refractivity contribution in [2.45, 2.75) is 0 Å². The minimum absolute atomic E-state index is 0.688. The Morgan fingerprint density at radius 3 is 2.26 bits per heavy atom. The standard InChI is InChI=1S/C7H7N2PS3.C5H5N/c11-7-5-3-1-2-4-6(5)8-10(12,13)9-7;1-2-4-6-5-3-1/h1-4H,(H3,8,9,11,12,13);1-5H. The SMILES string of the molecule is S=C1NP(=S)(S)Nc2ccccc21.c1ccncc1. The van der Waals surface area contributed by atoms with Crippen molar-refractivity contribution in [1.29, 1.82) is 0 Å². The van der Waals surface area contributed by atoms with Crippen molar-refractivity contribution in [2.24, 2.45) is 0 Å². The Hall–Kier alpha value is -0.940. The smallest absolute Gasteiger partial charge is 0.172 e. The van der Waals surface area contributed by atoms with Crippen LogP contribution in [0.5, 0.6) is 0 Å². The fourth-order valence-electron chi connectivity index (χ4n) is 1.48. The number of nitrogens with zero attached hydrogens (tertiary/aromatic N) is 1. The van der Waals surface area contributed by atoms with Crippen molar-refractivity contribution >= 4 is 52.5 Å². The summed E-state index contributed by atoms with van der Waals surface area (Å²) in [6.45, 7) is 0. The summed E-state index contributed by atoms with van der Waals surface area (Å²) in [5, 5.41) is 6.18. The molecule has 0 saturated heterocycles. The first-order valence-corrected chi connectivity index (χ1v) is 9.82. The van der Waals surface area contributed by atoms with Crippen LogP contribution in [-0.4, -0.2) is 9.97 Å². The van der Waals surface area contributed by atoms with E-state index in [1.54, 1.807) is 12.4 Å². The summed E-state index contributed by atoms with van der Waals surface area (Å²) in [5.74, 6) is 0. The molecule has 1 aromatic heterocycles. The summed E-state index contributed by atoms with van der Waals surface area (Å²) >= 11 is 14.7. The number of fused-ring (bicyclic) bond motifs is 1. The van der Waals surface area contributed by atoms with Crippen molar-refractivity contribution in [3.05, 3.63) is 60.4 Å². The van der Waals surface area contributed by atoms with E-state index in [2.05, 4.69) is 27.4 Å². The average Bonchev–Trinajstić information content (AvgIpc) is 2.40. The molecule has 0 spiro atoms. The van der Waals surface area contributed by atoms with Crippen LogP contribution in [0.3, 0.4) is 0 Å². The number of nitrogens with one attached hydrogen (secondary N) is 2. The van der Waals surface area contributed by atoms with Crippen LogP contribution in [-0.2, 0) is 11.8 Å². The third-order valence-electron chi connectivity index (χ3n) is 2.26. The molecule has 7 heteroatoms. The van der Waals surface area contributed by atoms with Gasteiger partial charge >= 0.3 is 0 Å². The molecular weight excluding hydrogens is 313 g/mol. The number of anilines is 1. The fourth-order valence-corrected chi connectivity index (χ4v) is 4.61. The maximum atomic E-state index is 5.21. The molecule has 2 N–H and O–H groups in total. The van der Waals surface area contributed by atoms with Gasteiger partial charge in [0, 0.05) is 23.6 Å². The second-order valence-corrected chi connectivity index (χ2v) is 9.96. The average molecular weight is 325 g/mol. The number of thiol groups is 1. The Kier molecular flexibility index (Phi) is 4.93. The molecule has 0 aliphatic carbocycles. The van der Waals surface area contributed by atoms with Gasteiger partial charge in [-0.05, 0) is 36.1 Å². The summed E-state index contributed by atoms with van der Waals surface area (Å²) in [7, 11) is 0. The highest BCUT2D eigenvalue weighted by molar-refractivity contribution is 8.63. The molecule has 0 amide bonds. The minimum Gasteiger partial charge on any atom is -0.334 e. The maximum absolute atomic E-state index is 5.21. The van der Waals surface area contributed by atoms with Gasteiger partial charge in [0.15, 0.2) is 5.54 Å². The summed E-state index contributed by atoms with van der Waals surface area (Å²) < 4.78 is 0. The Bertz CT molecular complexity index is 592. The van der Waals surface area contributed by atoms with E-state index >= 15 is 0 Å². The number of hydrogen-bond donors (Lipinski definition) is 3. The molecule has 2 heterocycles. The molecule has 3 rings (SSSR count). The highest BCUT2D eigenvalue weighted by Crippen LogP contribution is 2.50. The predicted molar refractivity (Wildman–Crippen MR) is 92.4 cm³/mol. The molecule has 1 unspecified atom stereocenters. The van der Waals surface area contributed by atoms with E-state index in [0.29, 0.717) is 4.99 Å². The first-order valence-electron chi connectivity index (χ1n) is 5.46. The first kappa shape index (κ1) is 14.5. The molecule has 98 valence electrons. The predicted octanol–water partition coefficient (Wildman–Crippen LogP) is 3.61. The fraction of sp³-hybridized carbons (Fsp3) is 0. The van der Waals surface area contributed by atoms with E-state index in [-0.39, 0.29) is 0 Å². The highest BCUT2D eigenvalue weighted by Gasteiger charge is 2.22. The molecule has 3 nitrogen and oxygen atoms in total. The molecule has 0 fully saturated rings. The third-order valence-corrected chi connectivity index (χ3v) is 4.95. The zero-order valence-corrected chi connectivity index (χ0v) is 13.3. The molecule has 19 heavy (non-hydrogen) atoms. The summed E-state index contributed by atoms with van der Waals surface area (Å²) in [6.07, 6.45) is 3.50. The summed E-state index contributed by atoms with van der Waals surface area (Å²) in [5.41, 5.74) is -0.0194. The Balaban J connectivity index is 0.000000186. The lowest BCUT2D eigenvalue weighted by atomic mass is 10.2. The second kappa shape index (κ2) is 6.48. The minimum atomic E-state index is -1.99. The van der Waals surface area contributed by atoms with E-state index in [1.165, 1.54) is 0 Å². The van der Waals surface area contributed by atoms with Gasteiger partial charge < -0.3 is 10.2 Å². The monoisotopic (exact) mass is 325 g/mol. The zero-order valence-electron chi connectivity index (χ0n) is 9.85. The molecule has 1 aliphatic rings. The first-order chi connectivity index (χ1) is 9.08. The van der Waals surface area contributed by atoms with Gasteiger partial charge in [-0.2, -0.15) is 0 Å². The van der Waals surface area contributed by atoms with Gasteiger partial charge in [-0.3, -0.25) is 4.98 Å². The van der Waals surface area contributed by atoms with Crippen LogP contribution in [0.1, 0.15) is 5.56 Å². The molecular formula is C12H12N3PS3. The van der Waals surface area contributed by atoms with Crippen molar-refractivity contribution in [3.63, 3.8) is 0 Å². The van der Waals surface area contributed by atoms with Crippen molar-refractivity contribution in [3.8, 4) is 0 Å². The second-order valence-electron chi connectivity index (χ2n) is 3.70. The van der Waals surface area contributed by atoms with E-state index in [4.69, 9.17) is 24.0 Å². The number of para-hydroxylation sites is 1. The molecule has 1 aromatic carbocycles. The van der Waals surface area contributed by atoms with Gasteiger partial charge in [-0.1, -0.05) is 30.4 Å². The van der Waals surface area contributed by atoms with Gasteiger partial charge in [0.2, 0.25) is 0 Å². The van der Waals surface area contributed by atoms with Crippen LogP contribution in [0.4, 0.5) is 5.69 Å². The molecule has 1 atom stereocenters. The topological polar surface area (TPSA) is 37.0 Å². The molecule has 0 bridgehead atoms. The highest BCUT2D eigenvalue weighted by atomic mass is 32.9. The number of pyridine rings is 1. The van der Waals surface area contributed by atoms with Gasteiger partial charge in [-0.15, -0.1) is 12.2 Å². The van der Waals surface area contributed by atoms with E-state index in [0.717, 1.165) is 11.3 Å². The normalized spacial score (nSPS) is 20.2. The van der Waals surface area contributed by atoms with Gasteiger partial charge in [-0.25, -0.2) is 0 Å². The lowest BCUT2D eigenvalue weighted by molar-refractivity contribution is 1.33. The number of benzene rings is 1. The third kappa shape index (κ3) is 4.28. The quantitative estimate of drug-likeness (QED) is 0.392. The van der Waals surface area contributed by atoms with Gasteiger partial charge in [0.25, 0.3) is 0 Å². The molecule has 0 radical (unpaired) electrons. The number of rotatable bonds is 0. The number of aromatic nitrogens is 1. The van der Waals surface area contributed by atoms with Crippen molar-refractivity contribution < 1.29 is 0 Å². The van der Waals surface area contributed by atoms with Crippen LogP contribution < -0.4 is 10.2 Å². The molecule has 2 aromatic rings. The lowest BCUT2D eigenvalue weighted by Gasteiger charge is -2.28. The van der Waals surface area contributed by atoms with E-state index in [9.17, 15) is 0 Å². The Morgan fingerprint density at radius 2 is 1.68 bits per heavy atom. The molecule has 0 saturated carbocycles. The van der Waals surface area contributed by atoms with E-state index < -0.39 is 5.54 Å². The molecule has 1 aliphatic heterocycles. The van der Waals surface area contributed by atoms with Crippen LogP contribution in [0, 0.1) is 0 Å².